The molecule has 3 fully saturated rings. The maximum atomic E-state index is 13.6. The maximum Gasteiger partial charge on any atom is 0.258 e. The average Bonchev–Trinajstić information content (AvgIpc) is 2.85. The summed E-state index contributed by atoms with van der Waals surface area (Å²) in [5, 5.41) is 16.2. The van der Waals surface area contributed by atoms with E-state index in [0.717, 1.165) is 12.1 Å². The third-order valence-corrected chi connectivity index (χ3v) is 7.70. The molecule has 0 saturated heterocycles. The van der Waals surface area contributed by atoms with E-state index in [0.29, 0.717) is 25.7 Å². The van der Waals surface area contributed by atoms with Crippen LogP contribution in [0.1, 0.15) is 42.5 Å². The van der Waals surface area contributed by atoms with Crippen molar-refractivity contribution in [2.75, 3.05) is 13.2 Å². The number of ether oxygens (including phenoxy) is 1. The number of carbonyl (C=O) groups excluding carboxylic acids is 3. The molecule has 7 nitrogen and oxygen atoms in total. The Morgan fingerprint density at radius 2 is 1.64 bits per heavy atom. The number of hydrogen-bond donors (Lipinski definition) is 3. The van der Waals surface area contributed by atoms with Gasteiger partial charge in [-0.05, 0) is 62.4 Å². The number of carbonyl (C=O) groups is 3. The first-order valence-corrected chi connectivity index (χ1v) is 12.1. The summed E-state index contributed by atoms with van der Waals surface area (Å²) in [4.78, 5) is 37.9. The SMILES string of the molecule is O=C(COc1ccc(Cl)c(F)c1)NC12CCC(C(=O)NCC(=O)c3ccc(Cl)c(F)c3)(CC1)[C@@H](O)C2. The van der Waals surface area contributed by atoms with Gasteiger partial charge in [0.15, 0.2) is 12.4 Å². The molecule has 0 heterocycles. The van der Waals surface area contributed by atoms with Crippen LogP contribution in [0.15, 0.2) is 36.4 Å². The normalized spacial score (nSPS) is 24.8. The van der Waals surface area contributed by atoms with Gasteiger partial charge in [0.25, 0.3) is 5.91 Å². The summed E-state index contributed by atoms with van der Waals surface area (Å²) in [6, 6.07) is 7.51. The second-order valence-electron chi connectivity index (χ2n) is 9.30. The van der Waals surface area contributed by atoms with Crippen LogP contribution in [0.25, 0.3) is 0 Å². The lowest BCUT2D eigenvalue weighted by molar-refractivity contribution is -0.156. The van der Waals surface area contributed by atoms with E-state index in [1.807, 2.05) is 0 Å². The van der Waals surface area contributed by atoms with Crippen LogP contribution in [0.2, 0.25) is 10.0 Å². The van der Waals surface area contributed by atoms with Crippen molar-refractivity contribution in [3.05, 3.63) is 63.6 Å². The number of ketones is 1. The van der Waals surface area contributed by atoms with Crippen LogP contribution in [0.4, 0.5) is 8.78 Å². The third-order valence-electron chi connectivity index (χ3n) is 7.09. The molecule has 36 heavy (non-hydrogen) atoms. The Morgan fingerprint density at radius 3 is 2.25 bits per heavy atom. The Morgan fingerprint density at radius 1 is 1.00 bits per heavy atom. The first kappa shape index (κ1) is 26.3. The zero-order valence-electron chi connectivity index (χ0n) is 19.1. The van der Waals surface area contributed by atoms with Gasteiger partial charge in [0.05, 0.1) is 28.1 Å². The minimum atomic E-state index is -1.07. The number of rotatable bonds is 8. The van der Waals surface area contributed by atoms with Gasteiger partial charge < -0.3 is 20.5 Å². The summed E-state index contributed by atoms with van der Waals surface area (Å²) in [5.41, 5.74) is -1.69. The Bertz CT molecular complexity index is 1200. The standard InChI is InChI=1S/C25H24Cl2F2N2O5/c26-16-3-1-14(9-18(16)28)20(32)12-30-23(35)25-7-5-24(6-8-25,11-21(25)33)31-22(34)13-36-15-2-4-17(27)19(29)10-15/h1-4,9-10,21,33H,5-8,11-13H2,(H,30,35)(H,31,34)/t21-,24?,25?/m0/s1. The summed E-state index contributed by atoms with van der Waals surface area (Å²) in [6.45, 7) is -0.698. The van der Waals surface area contributed by atoms with Gasteiger partial charge >= 0.3 is 0 Å². The van der Waals surface area contributed by atoms with Gasteiger partial charge in [0.2, 0.25) is 5.91 Å². The van der Waals surface area contributed by atoms with Crippen molar-refractivity contribution in [3.63, 3.8) is 0 Å². The Hall–Kier alpha value is -2.75. The monoisotopic (exact) mass is 540 g/mol. The molecule has 0 unspecified atom stereocenters. The van der Waals surface area contributed by atoms with Crippen LogP contribution in [-0.4, -0.2) is 47.5 Å². The van der Waals surface area contributed by atoms with Crippen LogP contribution in [0.3, 0.4) is 0 Å². The van der Waals surface area contributed by atoms with E-state index in [9.17, 15) is 28.3 Å². The predicted molar refractivity (Wildman–Crippen MR) is 128 cm³/mol. The Kier molecular flexibility index (Phi) is 7.54. The van der Waals surface area contributed by atoms with Crippen LogP contribution in [0.5, 0.6) is 5.75 Å². The van der Waals surface area contributed by atoms with E-state index in [1.54, 1.807) is 0 Å². The molecule has 2 aromatic rings. The first-order chi connectivity index (χ1) is 17.0. The molecule has 2 bridgehead atoms. The highest BCUT2D eigenvalue weighted by atomic mass is 35.5. The molecule has 1 atom stereocenters. The lowest BCUT2D eigenvalue weighted by Gasteiger charge is -2.55. The second kappa shape index (κ2) is 10.3. The minimum absolute atomic E-state index is 0.0557. The molecule has 192 valence electrons. The molecule has 11 heteroatoms. The third kappa shape index (κ3) is 5.33. The highest BCUT2D eigenvalue weighted by Gasteiger charge is 2.58. The minimum Gasteiger partial charge on any atom is -0.484 e. The van der Waals surface area contributed by atoms with Crippen LogP contribution in [-0.2, 0) is 9.59 Å². The van der Waals surface area contributed by atoms with Crippen LogP contribution < -0.4 is 15.4 Å². The van der Waals surface area contributed by atoms with Gasteiger partial charge in [0, 0.05) is 17.2 Å². The number of aliphatic hydroxyl groups is 1. The molecule has 2 aromatic carbocycles. The molecule has 0 radical (unpaired) electrons. The lowest BCUT2D eigenvalue weighted by Crippen LogP contribution is -2.66. The van der Waals surface area contributed by atoms with Gasteiger partial charge in [-0.15, -0.1) is 0 Å². The molecule has 3 N–H and O–H groups in total. The molecule has 5 rings (SSSR count). The van der Waals surface area contributed by atoms with Crippen molar-refractivity contribution in [1.29, 1.82) is 0 Å². The van der Waals surface area contributed by atoms with Crippen molar-refractivity contribution in [2.24, 2.45) is 5.41 Å². The fourth-order valence-corrected chi connectivity index (χ4v) is 5.22. The highest BCUT2D eigenvalue weighted by molar-refractivity contribution is 6.31. The molecule has 2 amide bonds. The van der Waals surface area contributed by atoms with E-state index in [1.165, 1.54) is 24.3 Å². The second-order valence-corrected chi connectivity index (χ2v) is 10.1. The number of amides is 2. The van der Waals surface area contributed by atoms with Crippen molar-refractivity contribution >= 4 is 40.8 Å². The fraction of sp³-hybridized carbons (Fsp3) is 0.400. The van der Waals surface area contributed by atoms with E-state index in [4.69, 9.17) is 27.9 Å². The van der Waals surface area contributed by atoms with Crippen LogP contribution in [0, 0.1) is 17.0 Å². The van der Waals surface area contributed by atoms with E-state index < -0.39 is 46.3 Å². The maximum absolute atomic E-state index is 13.6. The number of benzene rings is 2. The zero-order chi connectivity index (χ0) is 26.1. The molecule has 0 aliphatic heterocycles. The number of aliphatic hydroxyl groups excluding tert-OH is 1. The van der Waals surface area contributed by atoms with Gasteiger partial charge in [-0.1, -0.05) is 23.2 Å². The largest absolute Gasteiger partial charge is 0.484 e. The van der Waals surface area contributed by atoms with Crippen molar-refractivity contribution in [1.82, 2.24) is 10.6 Å². The van der Waals surface area contributed by atoms with Gasteiger partial charge in [-0.3, -0.25) is 14.4 Å². The Balaban J connectivity index is 1.31. The van der Waals surface area contributed by atoms with Crippen molar-refractivity contribution < 1.29 is 33.0 Å². The summed E-state index contributed by atoms with van der Waals surface area (Å²) >= 11 is 11.3. The first-order valence-electron chi connectivity index (χ1n) is 11.4. The zero-order valence-corrected chi connectivity index (χ0v) is 20.6. The van der Waals surface area contributed by atoms with Gasteiger partial charge in [-0.25, -0.2) is 8.78 Å². The highest BCUT2D eigenvalue weighted by Crippen LogP contribution is 2.52. The number of halogens is 4. The molecule has 3 aliphatic carbocycles. The van der Waals surface area contributed by atoms with E-state index in [-0.39, 0.29) is 40.9 Å². The number of hydrogen-bond acceptors (Lipinski definition) is 5. The summed E-state index contributed by atoms with van der Waals surface area (Å²) in [7, 11) is 0. The topological polar surface area (TPSA) is 105 Å². The number of fused-ring (bicyclic) bond motifs is 3. The Labute approximate surface area is 216 Å². The quantitative estimate of drug-likeness (QED) is 0.441. The summed E-state index contributed by atoms with van der Waals surface area (Å²) < 4.78 is 32.5. The number of nitrogens with one attached hydrogen (secondary N) is 2. The van der Waals surface area contributed by atoms with E-state index >= 15 is 0 Å². The molecular formula is C25H24Cl2F2N2O5. The smallest absolute Gasteiger partial charge is 0.258 e. The molecule has 0 spiro atoms. The van der Waals surface area contributed by atoms with E-state index in [2.05, 4.69) is 10.6 Å². The van der Waals surface area contributed by atoms with Gasteiger partial charge in [0.1, 0.15) is 17.4 Å². The van der Waals surface area contributed by atoms with Crippen molar-refractivity contribution in [2.45, 2.75) is 43.7 Å². The van der Waals surface area contributed by atoms with Gasteiger partial charge in [-0.2, -0.15) is 0 Å². The van der Waals surface area contributed by atoms with Crippen LogP contribution >= 0.6 is 23.2 Å². The fourth-order valence-electron chi connectivity index (χ4n) is 4.99. The average molecular weight is 541 g/mol. The summed E-state index contributed by atoms with van der Waals surface area (Å²) in [5.74, 6) is -2.61. The predicted octanol–water partition coefficient (Wildman–Crippen LogP) is 3.83. The molecule has 0 aromatic heterocycles. The molecule has 3 saturated carbocycles. The summed E-state index contributed by atoms with van der Waals surface area (Å²) in [6.07, 6.45) is 0.665. The lowest BCUT2D eigenvalue weighted by atomic mass is 9.55. The van der Waals surface area contributed by atoms with Crippen molar-refractivity contribution in [3.8, 4) is 5.75 Å². The molecule has 3 aliphatic rings. The molecular weight excluding hydrogens is 517 g/mol. The number of Topliss-reactive ketones (excluding diaryl/α,β-unsaturated/α-hetero) is 1.